The molecule has 0 spiro atoms. The molecule has 9 N–H and O–H groups in total. The van der Waals surface area contributed by atoms with Crippen molar-refractivity contribution in [3.05, 3.63) is 102 Å². The number of aromatic hydroxyl groups is 1. The van der Waals surface area contributed by atoms with Gasteiger partial charge in [0, 0.05) is 25.9 Å². The standard InChI is InChI=1S/C52H70N8O10/c1-31(2)26-39(46(63)54-33(5)52(69)70)56-48(65)43-18-12-24-59(43)51(68)42(29-35-16-10-7-11-17-35)58-49(66)44-19-13-25-60(44)50(67)41(30-36-20-22-37(61)23-21-36)57-47(64)40(27-32(3)4)55-45(62)38(53)28-34-14-8-6-9-15-34/h6-11,14-17,20-23,31-33,38-44,61H,12-13,18-19,24-30,53H2,1-5H3,(H,54,63)(H,55,62)(H,56,65)(H,57,64)(H,58,66)(H,69,70)/t33-,38-,39-,40-,41-,42-,43-,44-/m0/s1. The Hall–Kier alpha value is -6.82. The lowest BCUT2D eigenvalue weighted by molar-refractivity contribution is -0.145. The number of phenols is 1. The zero-order valence-corrected chi connectivity index (χ0v) is 40.8. The molecule has 2 aliphatic rings. The lowest BCUT2D eigenvalue weighted by Gasteiger charge is -2.33. The molecule has 0 saturated carbocycles. The van der Waals surface area contributed by atoms with Gasteiger partial charge < -0.3 is 52.3 Å². The third-order valence-corrected chi connectivity index (χ3v) is 12.6. The number of nitrogens with one attached hydrogen (secondary N) is 5. The molecule has 7 amide bonds. The summed E-state index contributed by atoms with van der Waals surface area (Å²) in [4.78, 5) is 113. The summed E-state index contributed by atoms with van der Waals surface area (Å²) in [5.41, 5.74) is 8.48. The van der Waals surface area contributed by atoms with E-state index in [2.05, 4.69) is 26.6 Å². The molecule has 0 aliphatic carbocycles. The third-order valence-electron chi connectivity index (χ3n) is 12.6. The van der Waals surface area contributed by atoms with Crippen LogP contribution in [-0.2, 0) is 57.6 Å². The fourth-order valence-electron chi connectivity index (χ4n) is 8.95. The van der Waals surface area contributed by atoms with Gasteiger partial charge in [-0.3, -0.25) is 38.4 Å². The van der Waals surface area contributed by atoms with Crippen molar-refractivity contribution in [2.75, 3.05) is 13.1 Å². The molecule has 0 bridgehead atoms. The number of carbonyl (C=O) groups excluding carboxylic acids is 7. The van der Waals surface area contributed by atoms with Crippen LogP contribution in [0.25, 0.3) is 0 Å². The number of rotatable bonds is 23. The first-order valence-corrected chi connectivity index (χ1v) is 24.3. The summed E-state index contributed by atoms with van der Waals surface area (Å²) in [6.07, 6.45) is 2.18. The fourth-order valence-corrected chi connectivity index (χ4v) is 8.95. The Bertz CT molecular complexity index is 2280. The first-order valence-electron chi connectivity index (χ1n) is 24.3. The van der Waals surface area contributed by atoms with Crippen LogP contribution in [0.5, 0.6) is 5.75 Å². The largest absolute Gasteiger partial charge is 0.508 e. The van der Waals surface area contributed by atoms with Crippen molar-refractivity contribution in [2.45, 2.75) is 141 Å². The normalized spacial score (nSPS) is 18.2. The molecule has 378 valence electrons. The topological polar surface area (TPSA) is 270 Å². The molecule has 18 nitrogen and oxygen atoms in total. The highest BCUT2D eigenvalue weighted by Gasteiger charge is 2.43. The number of carboxylic acids is 1. The summed E-state index contributed by atoms with van der Waals surface area (Å²) in [6, 6.07) is 15.8. The molecule has 0 aromatic heterocycles. The molecule has 2 fully saturated rings. The molecule has 5 rings (SSSR count). The molecule has 0 radical (unpaired) electrons. The lowest BCUT2D eigenvalue weighted by Crippen LogP contribution is -2.60. The number of benzene rings is 3. The average Bonchev–Trinajstić information content (AvgIpc) is 4.03. The Morgan fingerprint density at radius 3 is 1.41 bits per heavy atom. The van der Waals surface area contributed by atoms with Crippen molar-refractivity contribution in [1.82, 2.24) is 36.4 Å². The summed E-state index contributed by atoms with van der Waals surface area (Å²) >= 11 is 0. The smallest absolute Gasteiger partial charge is 0.325 e. The van der Waals surface area contributed by atoms with Gasteiger partial charge in [-0.05, 0) is 92.5 Å². The zero-order valence-electron chi connectivity index (χ0n) is 40.8. The van der Waals surface area contributed by atoms with Crippen LogP contribution >= 0.6 is 0 Å². The Morgan fingerprint density at radius 1 is 0.543 bits per heavy atom. The number of likely N-dealkylation sites (tertiary alicyclic amines) is 2. The van der Waals surface area contributed by atoms with E-state index in [9.17, 15) is 48.6 Å². The summed E-state index contributed by atoms with van der Waals surface area (Å²) in [6.45, 7) is 9.19. The number of carboxylic acid groups (broad SMARTS) is 1. The van der Waals surface area contributed by atoms with Crippen LogP contribution in [0.3, 0.4) is 0 Å². The van der Waals surface area contributed by atoms with Crippen molar-refractivity contribution in [1.29, 1.82) is 0 Å². The number of phenolic OH excluding ortho intramolecular Hbond substituents is 1. The number of nitrogens with two attached hydrogens (primary N) is 1. The Kier molecular flexibility index (Phi) is 19.9. The molecule has 3 aromatic rings. The number of amides is 7. The summed E-state index contributed by atoms with van der Waals surface area (Å²) in [7, 11) is 0. The second kappa shape index (κ2) is 25.7. The van der Waals surface area contributed by atoms with E-state index in [4.69, 9.17) is 5.73 Å². The number of hydrogen-bond donors (Lipinski definition) is 8. The van der Waals surface area contributed by atoms with Gasteiger partial charge in [-0.1, -0.05) is 100 Å². The van der Waals surface area contributed by atoms with E-state index in [0.29, 0.717) is 18.4 Å². The van der Waals surface area contributed by atoms with Gasteiger partial charge >= 0.3 is 5.97 Å². The Labute approximate surface area is 409 Å². The van der Waals surface area contributed by atoms with Gasteiger partial charge in [0.25, 0.3) is 0 Å². The fraction of sp³-hybridized carbons (Fsp3) is 0.500. The molecule has 0 unspecified atom stereocenters. The predicted molar refractivity (Wildman–Crippen MR) is 261 cm³/mol. The zero-order chi connectivity index (χ0) is 51.1. The van der Waals surface area contributed by atoms with Crippen LogP contribution in [0.1, 0.15) is 89.8 Å². The van der Waals surface area contributed by atoms with Crippen molar-refractivity contribution >= 4 is 47.3 Å². The minimum atomic E-state index is -1.23. The van der Waals surface area contributed by atoms with Gasteiger partial charge in [-0.2, -0.15) is 0 Å². The first-order chi connectivity index (χ1) is 33.3. The third kappa shape index (κ3) is 15.6. The van der Waals surface area contributed by atoms with Crippen LogP contribution in [0, 0.1) is 11.8 Å². The van der Waals surface area contributed by atoms with E-state index >= 15 is 0 Å². The Balaban J connectivity index is 1.36. The van der Waals surface area contributed by atoms with E-state index < -0.39 is 95.7 Å². The van der Waals surface area contributed by atoms with Gasteiger partial charge in [0.15, 0.2) is 0 Å². The molecule has 8 atom stereocenters. The van der Waals surface area contributed by atoms with Crippen molar-refractivity contribution in [3.63, 3.8) is 0 Å². The monoisotopic (exact) mass is 967 g/mol. The second-order valence-electron chi connectivity index (χ2n) is 19.3. The highest BCUT2D eigenvalue weighted by atomic mass is 16.4. The summed E-state index contributed by atoms with van der Waals surface area (Å²) in [5.74, 6) is -5.42. The molecule has 2 saturated heterocycles. The Morgan fingerprint density at radius 2 is 0.943 bits per heavy atom. The van der Waals surface area contributed by atoms with Gasteiger partial charge in [0.05, 0.1) is 6.04 Å². The highest BCUT2D eigenvalue weighted by molar-refractivity contribution is 5.98. The van der Waals surface area contributed by atoms with Crippen molar-refractivity contribution < 1.29 is 48.6 Å². The summed E-state index contributed by atoms with van der Waals surface area (Å²) in [5, 5.41) is 33.2. The highest BCUT2D eigenvalue weighted by Crippen LogP contribution is 2.24. The first kappa shape index (κ1) is 54.1. The van der Waals surface area contributed by atoms with Crippen LogP contribution in [0.2, 0.25) is 0 Å². The molecule has 2 heterocycles. The van der Waals surface area contributed by atoms with Crippen LogP contribution in [0.4, 0.5) is 0 Å². The second-order valence-corrected chi connectivity index (χ2v) is 19.3. The molecular formula is C52H70N8O10. The quantitative estimate of drug-likeness (QED) is 0.0684. The van der Waals surface area contributed by atoms with Gasteiger partial charge in [-0.25, -0.2) is 0 Å². The molecule has 70 heavy (non-hydrogen) atoms. The maximum Gasteiger partial charge on any atom is 0.325 e. The van der Waals surface area contributed by atoms with Crippen LogP contribution in [-0.4, -0.2) is 129 Å². The van der Waals surface area contributed by atoms with Crippen molar-refractivity contribution in [2.24, 2.45) is 17.6 Å². The van der Waals surface area contributed by atoms with Gasteiger partial charge in [-0.15, -0.1) is 0 Å². The average molecular weight is 967 g/mol. The molecule has 3 aromatic carbocycles. The van der Waals surface area contributed by atoms with E-state index in [1.54, 1.807) is 24.3 Å². The molecule has 2 aliphatic heterocycles. The molecule has 18 heteroatoms. The van der Waals surface area contributed by atoms with E-state index in [1.165, 1.54) is 28.9 Å². The lowest BCUT2D eigenvalue weighted by atomic mass is 9.99. The van der Waals surface area contributed by atoms with Gasteiger partial charge in [0.1, 0.15) is 48.0 Å². The summed E-state index contributed by atoms with van der Waals surface area (Å²) < 4.78 is 0. The molecular weight excluding hydrogens is 897 g/mol. The van der Waals surface area contributed by atoms with Crippen LogP contribution < -0.4 is 32.3 Å². The van der Waals surface area contributed by atoms with E-state index in [1.807, 2.05) is 76.2 Å². The van der Waals surface area contributed by atoms with Crippen molar-refractivity contribution in [3.8, 4) is 5.75 Å². The number of nitrogens with zero attached hydrogens (tertiary/aromatic N) is 2. The maximum atomic E-state index is 14.8. The van der Waals surface area contributed by atoms with E-state index in [0.717, 1.165) is 11.1 Å². The number of hydrogen-bond acceptors (Lipinski definition) is 10. The minimum absolute atomic E-state index is 0.00402. The predicted octanol–water partition coefficient (Wildman–Crippen LogP) is 2.35. The SMILES string of the molecule is CC(C)C[C@H](NC(=O)[C@@H](N)Cc1ccccc1)C(=O)N[C@@H](Cc1ccc(O)cc1)C(=O)N1CCC[C@H]1C(=O)N[C@@H](Cc1ccccc1)C(=O)N1CCC[C@H]1C(=O)N[C@@H](CC(C)C)C(=O)N[C@@H](C)C(=O)O. The van der Waals surface area contributed by atoms with E-state index in [-0.39, 0.29) is 75.6 Å². The van der Waals surface area contributed by atoms with Gasteiger partial charge in [0.2, 0.25) is 41.4 Å². The minimum Gasteiger partial charge on any atom is -0.508 e. The maximum absolute atomic E-state index is 14.8. The van der Waals surface area contributed by atoms with Crippen LogP contribution in [0.15, 0.2) is 84.9 Å². The number of carbonyl (C=O) groups is 8. The number of aliphatic carboxylic acids is 1.